The predicted octanol–water partition coefficient (Wildman–Crippen LogP) is 19.3. The summed E-state index contributed by atoms with van der Waals surface area (Å²) in [7, 11) is 2.18. The number of para-hydroxylation sites is 9. The van der Waals surface area contributed by atoms with Gasteiger partial charge >= 0.3 is 0 Å². The van der Waals surface area contributed by atoms with E-state index < -0.39 is 0 Å². The van der Waals surface area contributed by atoms with Gasteiger partial charge in [-0.3, -0.25) is 0 Å². The van der Waals surface area contributed by atoms with E-state index in [0.717, 1.165) is 34.1 Å². The van der Waals surface area contributed by atoms with Crippen molar-refractivity contribution in [2.75, 3.05) is 26.6 Å². The van der Waals surface area contributed by atoms with Crippen LogP contribution in [-0.2, 0) is 5.41 Å². The summed E-state index contributed by atoms with van der Waals surface area (Å²) < 4.78 is 0. The van der Waals surface area contributed by atoms with Crippen LogP contribution in [0.2, 0.25) is 0 Å². The van der Waals surface area contributed by atoms with E-state index in [0.29, 0.717) is 0 Å². The Balaban J connectivity index is 0.00000249. The number of hydrogen-bond donors (Lipinski definition) is 0. The fraction of sp³-hybridized carbons (Fsp3) is 0.118. The van der Waals surface area contributed by atoms with Gasteiger partial charge in [0.15, 0.2) is 0 Å². The van der Waals surface area contributed by atoms with E-state index in [-0.39, 0.29) is 5.41 Å². The van der Waals surface area contributed by atoms with Gasteiger partial charge in [-0.05, 0) is 142 Å². The molecule has 348 valence electrons. The minimum Gasteiger partial charge on any atom is -0.341 e. The smallest absolute Gasteiger partial charge is 0.0703 e. The molecule has 0 aromatic heterocycles. The minimum atomic E-state index is 0.0272. The van der Waals surface area contributed by atoms with E-state index in [1.54, 1.807) is 0 Å². The molecule has 1 saturated carbocycles. The Morgan fingerprint density at radius 2 is 0.792 bits per heavy atom. The molecule has 1 spiro atoms. The van der Waals surface area contributed by atoms with Crippen LogP contribution in [0.5, 0.6) is 0 Å². The Labute approximate surface area is 424 Å². The zero-order chi connectivity index (χ0) is 48.3. The molecule has 0 saturated heterocycles. The Morgan fingerprint density at radius 1 is 0.347 bits per heavy atom. The highest BCUT2D eigenvalue weighted by atomic mass is 15.3. The Kier molecular flexibility index (Phi) is 10.7. The summed E-state index contributed by atoms with van der Waals surface area (Å²) in [6.45, 7) is 4.00. The maximum absolute atomic E-state index is 2.53. The van der Waals surface area contributed by atoms with E-state index in [9.17, 15) is 0 Å². The number of hydrogen-bond acceptors (Lipinski definition) is 4. The van der Waals surface area contributed by atoms with Gasteiger partial charge in [0.05, 0.1) is 51.2 Å². The highest BCUT2D eigenvalue weighted by molar-refractivity contribution is 6.10. The van der Waals surface area contributed by atoms with Crippen LogP contribution < -0.4 is 19.6 Å². The summed E-state index contributed by atoms with van der Waals surface area (Å²) in [5.74, 6) is 0. The second kappa shape index (κ2) is 17.7. The molecular weight excluding hydrogens is 873 g/mol. The van der Waals surface area contributed by atoms with E-state index in [2.05, 4.69) is 263 Å². The number of nitrogens with zero attached hydrogens (tertiary/aromatic N) is 4. The van der Waals surface area contributed by atoms with Gasteiger partial charge in [0, 0.05) is 29.2 Å². The topological polar surface area (TPSA) is 13.0 Å². The molecule has 10 aromatic rings. The first kappa shape index (κ1) is 43.4. The summed E-state index contributed by atoms with van der Waals surface area (Å²) >= 11 is 0. The normalized spacial score (nSPS) is 14.6. The molecule has 0 unspecified atom stereocenters. The number of benzene rings is 10. The third-order valence-electron chi connectivity index (χ3n) is 15.6. The fourth-order valence-electron chi connectivity index (χ4n) is 12.4. The maximum Gasteiger partial charge on any atom is 0.0703 e. The van der Waals surface area contributed by atoms with Gasteiger partial charge in [-0.25, -0.2) is 0 Å². The van der Waals surface area contributed by atoms with Crippen LogP contribution in [0.3, 0.4) is 0 Å². The molecule has 0 radical (unpaired) electrons. The second-order valence-corrected chi connectivity index (χ2v) is 19.3. The maximum atomic E-state index is 2.53. The van der Waals surface area contributed by atoms with Gasteiger partial charge in [-0.1, -0.05) is 184 Å². The first-order chi connectivity index (χ1) is 35.6. The summed E-state index contributed by atoms with van der Waals surface area (Å²) in [4.78, 5) is 9.62. The van der Waals surface area contributed by atoms with Crippen LogP contribution in [-0.4, -0.2) is 7.05 Å². The SMILES string of the molecule is CC.CN1c2ccccc2N(c2ccc3c(c2)C2(CCCC2)c2cc(/C=C/c4ccc(-c5ccc(N6c7ccccc7N(c7ccccc7)c7ccccc76)c6ccccc56)cc4)ccc2-3)c2ccccc21. The van der Waals surface area contributed by atoms with Crippen molar-refractivity contribution < 1.29 is 0 Å². The van der Waals surface area contributed by atoms with Crippen LogP contribution in [0.1, 0.15) is 61.8 Å². The van der Waals surface area contributed by atoms with Crippen molar-refractivity contribution in [3.05, 3.63) is 247 Å². The fourth-order valence-corrected chi connectivity index (χ4v) is 12.4. The van der Waals surface area contributed by atoms with Crippen molar-refractivity contribution in [1.29, 1.82) is 0 Å². The Morgan fingerprint density at radius 3 is 1.40 bits per heavy atom. The number of fused-ring (bicyclic) bond motifs is 10. The lowest BCUT2D eigenvalue weighted by molar-refractivity contribution is 0.550. The molecule has 2 heterocycles. The van der Waals surface area contributed by atoms with Gasteiger partial charge in [-0.15, -0.1) is 0 Å². The Bertz CT molecular complexity index is 3620. The number of anilines is 11. The molecule has 0 atom stereocenters. The number of rotatable bonds is 6. The van der Waals surface area contributed by atoms with Gasteiger partial charge in [-0.2, -0.15) is 0 Å². The molecule has 10 aromatic carbocycles. The summed E-state index contributed by atoms with van der Waals surface area (Å²) in [6, 6.07) is 82.9. The lowest BCUT2D eigenvalue weighted by Crippen LogP contribution is -2.25. The molecule has 0 bridgehead atoms. The quantitative estimate of drug-likeness (QED) is 0.154. The van der Waals surface area contributed by atoms with Gasteiger partial charge in [0.2, 0.25) is 0 Å². The summed E-state index contributed by atoms with van der Waals surface area (Å²) in [5, 5.41) is 2.45. The predicted molar refractivity (Wildman–Crippen MR) is 306 cm³/mol. The van der Waals surface area contributed by atoms with E-state index >= 15 is 0 Å². The summed E-state index contributed by atoms with van der Waals surface area (Å²) in [5.41, 5.74) is 23.7. The van der Waals surface area contributed by atoms with Crippen molar-refractivity contribution in [3.63, 3.8) is 0 Å². The zero-order valence-corrected chi connectivity index (χ0v) is 41.1. The van der Waals surface area contributed by atoms with E-state index in [1.165, 1.54) is 109 Å². The highest BCUT2D eigenvalue weighted by Gasteiger charge is 2.45. The zero-order valence-electron chi connectivity index (χ0n) is 41.1. The molecule has 14 rings (SSSR count). The van der Waals surface area contributed by atoms with Crippen molar-refractivity contribution in [2.45, 2.75) is 44.9 Å². The largest absolute Gasteiger partial charge is 0.341 e. The van der Waals surface area contributed by atoms with Crippen molar-refractivity contribution in [2.24, 2.45) is 0 Å². The van der Waals surface area contributed by atoms with E-state index in [4.69, 9.17) is 0 Å². The first-order valence-electron chi connectivity index (χ1n) is 25.8. The molecule has 1 fully saturated rings. The second-order valence-electron chi connectivity index (χ2n) is 19.3. The van der Waals surface area contributed by atoms with Gasteiger partial charge in [0.1, 0.15) is 0 Å². The van der Waals surface area contributed by atoms with Crippen LogP contribution in [0.25, 0.3) is 45.2 Å². The molecule has 2 aliphatic carbocycles. The first-order valence-corrected chi connectivity index (χ1v) is 25.8. The molecule has 0 amide bonds. The molecule has 0 N–H and O–H groups in total. The minimum absolute atomic E-state index is 0.0272. The molecule has 4 aliphatic rings. The van der Waals surface area contributed by atoms with E-state index in [1.807, 2.05) is 13.8 Å². The monoisotopic (exact) mass is 928 g/mol. The lowest BCUT2D eigenvalue weighted by atomic mass is 9.76. The molecule has 72 heavy (non-hydrogen) atoms. The molecule has 4 heteroatoms. The summed E-state index contributed by atoms with van der Waals surface area (Å²) in [6.07, 6.45) is 9.45. The van der Waals surface area contributed by atoms with Crippen molar-refractivity contribution in [3.8, 4) is 22.3 Å². The standard InChI is InChI=1S/C66H50N4.C2H6/c1-67-58-21-7-9-23-60(58)69(61-24-10-8-22-59(61)67)49-36-38-53-52-37-33-46(43-55(52)66(56(53)44-49)41-15-16-42-66)30-29-45-31-34-47(35-32-45)50-39-40-57(54-20-6-5-19-51(50)54)70-64-27-13-11-25-62(64)68(48-17-3-2-4-18-48)63-26-12-14-28-65(63)70;1-2/h2-14,17-40,43-44H,15-16,41-42H2,1H3;1-2H3/b30-29+;. The van der Waals surface area contributed by atoms with Gasteiger partial charge < -0.3 is 19.6 Å². The molecular formula is C68H56N4. The molecule has 2 aliphatic heterocycles. The molecule has 4 nitrogen and oxygen atoms in total. The lowest BCUT2D eigenvalue weighted by Gasteiger charge is -2.40. The Hall–Kier alpha value is -8.60. The average Bonchev–Trinajstić information content (AvgIpc) is 4.05. The van der Waals surface area contributed by atoms with Crippen molar-refractivity contribution >= 4 is 85.5 Å². The highest BCUT2D eigenvalue weighted by Crippen LogP contribution is 2.60. The van der Waals surface area contributed by atoms with Crippen LogP contribution >= 0.6 is 0 Å². The third kappa shape index (κ3) is 6.81. The third-order valence-corrected chi connectivity index (χ3v) is 15.6. The van der Waals surface area contributed by atoms with Gasteiger partial charge in [0.25, 0.3) is 0 Å². The van der Waals surface area contributed by atoms with Crippen molar-refractivity contribution in [1.82, 2.24) is 0 Å². The van der Waals surface area contributed by atoms with Crippen LogP contribution in [0, 0.1) is 0 Å². The van der Waals surface area contributed by atoms with Crippen LogP contribution in [0.4, 0.5) is 62.6 Å². The average molecular weight is 929 g/mol. The van der Waals surface area contributed by atoms with Crippen LogP contribution in [0.15, 0.2) is 224 Å².